The highest BCUT2D eigenvalue weighted by molar-refractivity contribution is 5.90. The van der Waals surface area contributed by atoms with Crippen molar-refractivity contribution >= 4 is 17.8 Å². The number of ketones is 1. The number of hydrogen-bond donors (Lipinski definition) is 1. The van der Waals surface area contributed by atoms with Crippen molar-refractivity contribution in [1.29, 1.82) is 0 Å². The maximum atomic E-state index is 12.5. The van der Waals surface area contributed by atoms with Gasteiger partial charge in [0.2, 0.25) is 5.91 Å². The molecule has 0 bridgehead atoms. The minimum Gasteiger partial charge on any atom is -0.444 e. The molecule has 1 aromatic rings. The number of amides is 2. The van der Waals surface area contributed by atoms with Gasteiger partial charge in [-0.15, -0.1) is 0 Å². The number of nitrogens with zero attached hydrogens (tertiary/aromatic N) is 1. The molecule has 1 N–H and O–H groups in total. The van der Waals surface area contributed by atoms with E-state index < -0.39 is 17.2 Å². The number of carbonyl (C=O) groups is 3. The second-order valence-electron chi connectivity index (χ2n) is 8.34. The Balaban J connectivity index is 1.68. The van der Waals surface area contributed by atoms with E-state index in [0.29, 0.717) is 19.5 Å². The lowest BCUT2D eigenvalue weighted by atomic mass is 9.67. The van der Waals surface area contributed by atoms with Crippen LogP contribution >= 0.6 is 0 Å². The topological polar surface area (TPSA) is 75.7 Å². The highest BCUT2D eigenvalue weighted by Gasteiger charge is 2.54. The van der Waals surface area contributed by atoms with E-state index in [1.165, 1.54) is 0 Å². The average molecular weight is 358 g/mol. The maximum Gasteiger partial charge on any atom is 0.408 e. The Labute approximate surface area is 153 Å². The molecular formula is C20H26N2O4. The second-order valence-corrected chi connectivity index (χ2v) is 8.34. The van der Waals surface area contributed by atoms with E-state index in [0.717, 1.165) is 5.56 Å². The average Bonchev–Trinajstić information content (AvgIpc) is 2.86. The number of Topliss-reactive ketones (excluding diaryl/α,β-unsaturated/α-hetero) is 1. The van der Waals surface area contributed by atoms with Gasteiger partial charge in [-0.05, 0) is 26.3 Å². The summed E-state index contributed by atoms with van der Waals surface area (Å²) in [5, 5.41) is 2.90. The summed E-state index contributed by atoms with van der Waals surface area (Å²) in [6, 6.07) is 9.81. The molecule has 1 atom stereocenters. The van der Waals surface area contributed by atoms with Crippen molar-refractivity contribution < 1.29 is 19.1 Å². The number of nitrogens with one attached hydrogen (secondary N) is 1. The summed E-state index contributed by atoms with van der Waals surface area (Å²) in [7, 11) is 0. The highest BCUT2D eigenvalue weighted by atomic mass is 16.6. The predicted molar refractivity (Wildman–Crippen MR) is 96.3 cm³/mol. The molecule has 2 fully saturated rings. The van der Waals surface area contributed by atoms with Gasteiger partial charge in [-0.25, -0.2) is 4.79 Å². The molecule has 1 saturated heterocycles. The summed E-state index contributed by atoms with van der Waals surface area (Å²) in [4.78, 5) is 38.2. The predicted octanol–water partition coefficient (Wildman–Crippen LogP) is 2.66. The van der Waals surface area contributed by atoms with Crippen molar-refractivity contribution in [3.63, 3.8) is 0 Å². The van der Waals surface area contributed by atoms with Crippen molar-refractivity contribution in [3.8, 4) is 0 Å². The van der Waals surface area contributed by atoms with E-state index in [2.05, 4.69) is 5.32 Å². The van der Waals surface area contributed by atoms with Crippen LogP contribution in [0, 0.1) is 5.92 Å². The molecule has 1 aliphatic carbocycles. The van der Waals surface area contributed by atoms with Gasteiger partial charge in [0.1, 0.15) is 11.4 Å². The summed E-state index contributed by atoms with van der Waals surface area (Å²) in [6.07, 6.45) is 0.349. The second kappa shape index (κ2) is 6.74. The molecule has 1 aliphatic heterocycles. The number of benzene rings is 1. The van der Waals surface area contributed by atoms with Gasteiger partial charge >= 0.3 is 6.09 Å². The zero-order chi connectivity index (χ0) is 18.9. The van der Waals surface area contributed by atoms with Crippen molar-refractivity contribution in [2.45, 2.75) is 57.7 Å². The van der Waals surface area contributed by atoms with Crippen LogP contribution in [-0.4, -0.2) is 40.4 Å². The third-order valence-electron chi connectivity index (χ3n) is 4.99. The van der Waals surface area contributed by atoms with Gasteiger partial charge in [-0.1, -0.05) is 30.3 Å². The van der Waals surface area contributed by atoms with Gasteiger partial charge < -0.3 is 15.0 Å². The number of likely N-dealkylation sites (tertiary alicyclic amines) is 1. The van der Waals surface area contributed by atoms with Gasteiger partial charge in [0.05, 0.1) is 5.54 Å². The first-order valence-corrected chi connectivity index (χ1v) is 9.01. The van der Waals surface area contributed by atoms with Crippen LogP contribution in [0.15, 0.2) is 30.3 Å². The Morgan fingerprint density at radius 3 is 2.46 bits per heavy atom. The van der Waals surface area contributed by atoms with E-state index in [9.17, 15) is 14.4 Å². The third-order valence-corrected chi connectivity index (χ3v) is 4.99. The molecule has 140 valence electrons. The van der Waals surface area contributed by atoms with Crippen LogP contribution < -0.4 is 5.32 Å². The summed E-state index contributed by atoms with van der Waals surface area (Å²) in [5.41, 5.74) is -0.204. The van der Waals surface area contributed by atoms with E-state index in [1.54, 1.807) is 25.7 Å². The van der Waals surface area contributed by atoms with Crippen LogP contribution in [0.3, 0.4) is 0 Å². The monoisotopic (exact) mass is 358 g/mol. The van der Waals surface area contributed by atoms with Gasteiger partial charge in [0.15, 0.2) is 0 Å². The first kappa shape index (κ1) is 18.4. The van der Waals surface area contributed by atoms with Crippen molar-refractivity contribution in [2.24, 2.45) is 5.92 Å². The molecule has 3 rings (SSSR count). The summed E-state index contributed by atoms with van der Waals surface area (Å²) in [5.74, 6) is 0.0857. The van der Waals surface area contributed by atoms with Gasteiger partial charge in [0.25, 0.3) is 0 Å². The Morgan fingerprint density at radius 2 is 1.88 bits per heavy atom. The molecule has 1 heterocycles. The molecule has 0 radical (unpaired) electrons. The Kier molecular flexibility index (Phi) is 4.78. The fourth-order valence-electron chi connectivity index (χ4n) is 3.74. The normalized spacial score (nSPS) is 22.1. The quantitative estimate of drug-likeness (QED) is 0.898. The zero-order valence-corrected chi connectivity index (χ0v) is 15.6. The summed E-state index contributed by atoms with van der Waals surface area (Å²) >= 11 is 0. The molecule has 0 aromatic heterocycles. The molecule has 2 aliphatic rings. The summed E-state index contributed by atoms with van der Waals surface area (Å²) in [6.45, 7) is 6.48. The number of hydrogen-bond acceptors (Lipinski definition) is 4. The largest absolute Gasteiger partial charge is 0.444 e. The fourth-order valence-corrected chi connectivity index (χ4v) is 3.74. The SMILES string of the molecule is CC(C)(C)OC(=O)NC1(C2CC(=O)N(Cc3ccccc3)C2)CC(=O)C1. The number of alkyl carbamates (subject to hydrolysis) is 1. The Bertz CT molecular complexity index is 700. The number of ether oxygens (including phenoxy) is 1. The highest BCUT2D eigenvalue weighted by Crippen LogP contribution is 2.41. The van der Waals surface area contributed by atoms with Crippen LogP contribution in [0.25, 0.3) is 0 Å². The Morgan fingerprint density at radius 1 is 1.23 bits per heavy atom. The minimum atomic E-state index is -0.666. The van der Waals surface area contributed by atoms with Crippen molar-refractivity contribution in [1.82, 2.24) is 10.2 Å². The molecule has 6 nitrogen and oxygen atoms in total. The first-order valence-electron chi connectivity index (χ1n) is 9.01. The van der Waals surface area contributed by atoms with E-state index >= 15 is 0 Å². The maximum absolute atomic E-state index is 12.5. The van der Waals surface area contributed by atoms with E-state index in [4.69, 9.17) is 4.74 Å². The van der Waals surface area contributed by atoms with Gasteiger partial charge in [-0.3, -0.25) is 9.59 Å². The Hall–Kier alpha value is -2.37. The molecule has 2 amide bonds. The first-order chi connectivity index (χ1) is 12.2. The molecular weight excluding hydrogens is 332 g/mol. The van der Waals surface area contributed by atoms with Crippen LogP contribution in [0.4, 0.5) is 4.79 Å². The van der Waals surface area contributed by atoms with Crippen LogP contribution in [0.1, 0.15) is 45.6 Å². The lowest BCUT2D eigenvalue weighted by molar-refractivity contribution is -0.132. The standard InChI is InChI=1S/C20H26N2O4/c1-19(2,3)26-18(25)21-20(10-16(23)11-20)15-9-17(24)22(13-15)12-14-7-5-4-6-8-14/h4-8,15H,9-13H2,1-3H3,(H,21,25). The van der Waals surface area contributed by atoms with Crippen molar-refractivity contribution in [3.05, 3.63) is 35.9 Å². The fraction of sp³-hybridized carbons (Fsp3) is 0.550. The number of carbonyl (C=O) groups excluding carboxylic acids is 3. The van der Waals surface area contributed by atoms with Gasteiger partial charge in [-0.2, -0.15) is 0 Å². The van der Waals surface area contributed by atoms with Crippen LogP contribution in [0.5, 0.6) is 0 Å². The van der Waals surface area contributed by atoms with E-state index in [-0.39, 0.29) is 30.4 Å². The zero-order valence-electron chi connectivity index (χ0n) is 15.6. The van der Waals surface area contributed by atoms with Gasteiger partial charge in [0, 0.05) is 38.3 Å². The van der Waals surface area contributed by atoms with Crippen molar-refractivity contribution in [2.75, 3.05) is 6.54 Å². The lowest BCUT2D eigenvalue weighted by Gasteiger charge is -2.45. The minimum absolute atomic E-state index is 0.0589. The molecule has 26 heavy (non-hydrogen) atoms. The third kappa shape index (κ3) is 4.06. The van der Waals surface area contributed by atoms with Crippen LogP contribution in [0.2, 0.25) is 0 Å². The lowest BCUT2D eigenvalue weighted by Crippen LogP contribution is -2.63. The van der Waals surface area contributed by atoms with E-state index in [1.807, 2.05) is 30.3 Å². The molecule has 1 aromatic carbocycles. The summed E-state index contributed by atoms with van der Waals surface area (Å²) < 4.78 is 5.35. The van der Waals surface area contributed by atoms with Crippen LogP contribution in [-0.2, 0) is 20.9 Å². The molecule has 0 spiro atoms. The molecule has 1 unspecified atom stereocenters. The smallest absolute Gasteiger partial charge is 0.408 e. The number of rotatable bonds is 4. The molecule has 6 heteroatoms. The molecule has 1 saturated carbocycles.